The molecule has 0 unspecified atom stereocenters. The Morgan fingerprint density at radius 3 is 2.90 bits per heavy atom. The first-order valence-corrected chi connectivity index (χ1v) is 8.08. The highest BCUT2D eigenvalue weighted by Crippen LogP contribution is 2.20. The van der Waals surface area contributed by atoms with Crippen LogP contribution in [0.3, 0.4) is 0 Å². The molecule has 0 spiro atoms. The molecule has 1 fully saturated rings. The first-order chi connectivity index (χ1) is 9.53. The standard InChI is InChI=1S/C13H19FN2O3S/c1-19-13-5-4-11(9-12(13)14)20(17,18)16-8-6-10-3-2-7-15-10/h4-5,9-10,15-16H,2-3,6-8H2,1H3/t10-/m0/s1. The number of sulfonamides is 1. The summed E-state index contributed by atoms with van der Waals surface area (Å²) in [6, 6.07) is 3.97. The van der Waals surface area contributed by atoms with E-state index in [2.05, 4.69) is 10.0 Å². The van der Waals surface area contributed by atoms with Crippen LogP contribution in [-0.4, -0.2) is 34.7 Å². The number of ether oxygens (including phenoxy) is 1. The summed E-state index contributed by atoms with van der Waals surface area (Å²) in [4.78, 5) is -0.0878. The molecule has 112 valence electrons. The minimum Gasteiger partial charge on any atom is -0.494 e. The van der Waals surface area contributed by atoms with Crippen LogP contribution in [0.25, 0.3) is 0 Å². The summed E-state index contributed by atoms with van der Waals surface area (Å²) in [5, 5.41) is 3.30. The van der Waals surface area contributed by atoms with Gasteiger partial charge in [-0.15, -0.1) is 0 Å². The summed E-state index contributed by atoms with van der Waals surface area (Å²) in [5.74, 6) is -0.660. The molecular formula is C13H19FN2O3S. The number of hydrogen-bond acceptors (Lipinski definition) is 4. The molecule has 0 saturated carbocycles. The molecule has 7 heteroatoms. The molecule has 1 saturated heterocycles. The van der Waals surface area contributed by atoms with Gasteiger partial charge in [-0.3, -0.25) is 0 Å². The van der Waals surface area contributed by atoms with Crippen LogP contribution >= 0.6 is 0 Å². The molecule has 0 bridgehead atoms. The Morgan fingerprint density at radius 1 is 1.50 bits per heavy atom. The molecule has 1 aliphatic heterocycles. The van der Waals surface area contributed by atoms with E-state index in [4.69, 9.17) is 4.74 Å². The number of hydrogen-bond donors (Lipinski definition) is 2. The molecule has 5 nitrogen and oxygen atoms in total. The quantitative estimate of drug-likeness (QED) is 0.830. The summed E-state index contributed by atoms with van der Waals surface area (Å²) in [5.41, 5.74) is 0. The van der Waals surface area contributed by atoms with E-state index in [0.29, 0.717) is 12.6 Å². The Kier molecular flexibility index (Phi) is 4.95. The highest BCUT2D eigenvalue weighted by atomic mass is 32.2. The maximum absolute atomic E-state index is 13.5. The van der Waals surface area contributed by atoms with Gasteiger partial charge in [0.1, 0.15) is 0 Å². The molecule has 0 aliphatic carbocycles. The predicted molar refractivity (Wildman–Crippen MR) is 73.8 cm³/mol. The largest absolute Gasteiger partial charge is 0.494 e. The first-order valence-electron chi connectivity index (χ1n) is 6.59. The molecular weight excluding hydrogens is 283 g/mol. The van der Waals surface area contributed by atoms with Crippen molar-refractivity contribution in [3.8, 4) is 5.75 Å². The average molecular weight is 302 g/mol. The van der Waals surface area contributed by atoms with E-state index in [1.807, 2.05) is 0 Å². The number of halogens is 1. The second kappa shape index (κ2) is 6.51. The third-order valence-corrected chi connectivity index (χ3v) is 4.84. The van der Waals surface area contributed by atoms with Crippen LogP contribution < -0.4 is 14.8 Å². The van der Waals surface area contributed by atoms with E-state index in [0.717, 1.165) is 31.9 Å². The van der Waals surface area contributed by atoms with Crippen LogP contribution in [0.1, 0.15) is 19.3 Å². The van der Waals surface area contributed by atoms with Gasteiger partial charge in [-0.05, 0) is 44.0 Å². The van der Waals surface area contributed by atoms with E-state index in [1.165, 1.54) is 19.2 Å². The molecule has 1 aliphatic rings. The second-order valence-corrected chi connectivity index (χ2v) is 6.54. The zero-order valence-electron chi connectivity index (χ0n) is 11.4. The summed E-state index contributed by atoms with van der Waals surface area (Å²) in [6.07, 6.45) is 2.93. The summed E-state index contributed by atoms with van der Waals surface area (Å²) < 4.78 is 44.8. The molecule has 1 aromatic rings. The van der Waals surface area contributed by atoms with Crippen molar-refractivity contribution >= 4 is 10.0 Å². The summed E-state index contributed by atoms with van der Waals surface area (Å²) in [7, 11) is -2.34. The van der Waals surface area contributed by atoms with Gasteiger partial charge >= 0.3 is 0 Å². The molecule has 2 rings (SSSR count). The Hall–Kier alpha value is -1.18. The van der Waals surface area contributed by atoms with Gasteiger partial charge < -0.3 is 10.1 Å². The summed E-state index contributed by atoms with van der Waals surface area (Å²) >= 11 is 0. The van der Waals surface area contributed by atoms with Gasteiger partial charge in [0.05, 0.1) is 12.0 Å². The van der Waals surface area contributed by atoms with Crippen molar-refractivity contribution in [2.45, 2.75) is 30.2 Å². The minimum absolute atomic E-state index is 0.0269. The minimum atomic E-state index is -3.67. The fraction of sp³-hybridized carbons (Fsp3) is 0.538. The lowest BCUT2D eigenvalue weighted by Gasteiger charge is -2.11. The van der Waals surface area contributed by atoms with Crippen LogP contribution in [-0.2, 0) is 10.0 Å². The maximum Gasteiger partial charge on any atom is 0.240 e. The predicted octanol–water partition coefficient (Wildman–Crippen LogP) is 1.25. The Balaban J connectivity index is 1.96. The SMILES string of the molecule is COc1ccc(S(=O)(=O)NCC[C@@H]2CCCN2)cc1F. The molecule has 0 aromatic heterocycles. The number of benzene rings is 1. The van der Waals surface area contributed by atoms with Crippen molar-refractivity contribution in [3.63, 3.8) is 0 Å². The zero-order valence-corrected chi connectivity index (χ0v) is 12.2. The van der Waals surface area contributed by atoms with Crippen molar-refractivity contribution in [1.82, 2.24) is 10.0 Å². The van der Waals surface area contributed by atoms with Crippen LogP contribution in [0.15, 0.2) is 23.1 Å². The lowest BCUT2D eigenvalue weighted by atomic mass is 10.2. The van der Waals surface area contributed by atoms with Crippen molar-refractivity contribution < 1.29 is 17.5 Å². The van der Waals surface area contributed by atoms with Gasteiger partial charge in [0.15, 0.2) is 11.6 Å². The normalized spacial score (nSPS) is 19.2. The molecule has 1 aromatic carbocycles. The fourth-order valence-corrected chi connectivity index (χ4v) is 3.33. The molecule has 0 amide bonds. The number of methoxy groups -OCH3 is 1. The molecule has 0 radical (unpaired) electrons. The van der Waals surface area contributed by atoms with Gasteiger partial charge in [0.25, 0.3) is 0 Å². The number of nitrogens with one attached hydrogen (secondary N) is 2. The maximum atomic E-state index is 13.5. The first kappa shape index (κ1) is 15.2. The second-order valence-electron chi connectivity index (χ2n) is 4.78. The lowest BCUT2D eigenvalue weighted by molar-refractivity contribution is 0.385. The highest BCUT2D eigenvalue weighted by Gasteiger charge is 2.18. The Bertz CT molecular complexity index is 557. The molecule has 1 heterocycles. The van der Waals surface area contributed by atoms with E-state index in [9.17, 15) is 12.8 Å². The molecule has 1 atom stereocenters. The highest BCUT2D eigenvalue weighted by molar-refractivity contribution is 7.89. The number of rotatable bonds is 6. The summed E-state index contributed by atoms with van der Waals surface area (Å²) in [6.45, 7) is 1.33. The van der Waals surface area contributed by atoms with E-state index >= 15 is 0 Å². The lowest BCUT2D eigenvalue weighted by Crippen LogP contribution is -2.30. The fourth-order valence-electron chi connectivity index (χ4n) is 2.27. The van der Waals surface area contributed by atoms with Gasteiger partial charge in [-0.1, -0.05) is 0 Å². The van der Waals surface area contributed by atoms with E-state index < -0.39 is 15.8 Å². The van der Waals surface area contributed by atoms with Crippen LogP contribution in [0.4, 0.5) is 4.39 Å². The Morgan fingerprint density at radius 2 is 2.30 bits per heavy atom. The van der Waals surface area contributed by atoms with Crippen LogP contribution in [0.2, 0.25) is 0 Å². The smallest absolute Gasteiger partial charge is 0.240 e. The van der Waals surface area contributed by atoms with Crippen LogP contribution in [0.5, 0.6) is 5.75 Å². The van der Waals surface area contributed by atoms with Gasteiger partial charge in [-0.2, -0.15) is 0 Å². The monoisotopic (exact) mass is 302 g/mol. The third kappa shape index (κ3) is 3.68. The van der Waals surface area contributed by atoms with Gasteiger partial charge in [0.2, 0.25) is 10.0 Å². The van der Waals surface area contributed by atoms with Crippen LogP contribution in [0, 0.1) is 5.82 Å². The van der Waals surface area contributed by atoms with Gasteiger partial charge in [-0.25, -0.2) is 17.5 Å². The van der Waals surface area contributed by atoms with Gasteiger partial charge in [0, 0.05) is 12.6 Å². The van der Waals surface area contributed by atoms with E-state index in [1.54, 1.807) is 0 Å². The van der Waals surface area contributed by atoms with Crippen molar-refractivity contribution in [1.29, 1.82) is 0 Å². The van der Waals surface area contributed by atoms with Crippen molar-refractivity contribution in [3.05, 3.63) is 24.0 Å². The van der Waals surface area contributed by atoms with Crippen molar-refractivity contribution in [2.75, 3.05) is 20.2 Å². The topological polar surface area (TPSA) is 67.4 Å². The zero-order chi connectivity index (χ0) is 14.6. The van der Waals surface area contributed by atoms with Crippen molar-refractivity contribution in [2.24, 2.45) is 0 Å². The average Bonchev–Trinajstić information content (AvgIpc) is 2.91. The Labute approximate surface area is 118 Å². The van der Waals surface area contributed by atoms with E-state index in [-0.39, 0.29) is 10.6 Å². The molecule has 2 N–H and O–H groups in total. The molecule has 20 heavy (non-hydrogen) atoms. The third-order valence-electron chi connectivity index (χ3n) is 3.38.